The Morgan fingerprint density at radius 3 is 1.45 bits per heavy atom. The van der Waals surface area contributed by atoms with Crippen molar-refractivity contribution in [2.75, 3.05) is 19.6 Å². The highest BCUT2D eigenvalue weighted by molar-refractivity contribution is 6.00. The molecule has 0 spiro atoms. The molecular formula is C63H83N15O13. The van der Waals surface area contributed by atoms with E-state index in [9.17, 15) is 62.6 Å². The first-order chi connectivity index (χ1) is 43.4. The first-order valence-electron chi connectivity index (χ1n) is 29.8. The summed E-state index contributed by atoms with van der Waals surface area (Å²) in [7, 11) is 0. The van der Waals surface area contributed by atoms with E-state index in [0.29, 0.717) is 16.7 Å². The van der Waals surface area contributed by atoms with Crippen LogP contribution in [0.5, 0.6) is 0 Å². The molecule has 0 bridgehead atoms. The number of amides is 11. The lowest BCUT2D eigenvalue weighted by molar-refractivity contribution is -0.143. The van der Waals surface area contributed by atoms with Crippen molar-refractivity contribution in [1.82, 2.24) is 47.4 Å². The highest BCUT2D eigenvalue weighted by Gasteiger charge is 2.41. The van der Waals surface area contributed by atoms with E-state index >= 15 is 0 Å². The largest absolute Gasteiger partial charge is 0.480 e. The number of primary amides is 2. The van der Waals surface area contributed by atoms with Crippen molar-refractivity contribution in [1.29, 1.82) is 0 Å². The van der Waals surface area contributed by atoms with Crippen molar-refractivity contribution in [3.8, 4) is 0 Å². The van der Waals surface area contributed by atoms with Crippen molar-refractivity contribution in [3.05, 3.63) is 144 Å². The Balaban J connectivity index is 1.29. The normalized spacial score (nSPS) is 15.3. The molecule has 0 unspecified atom stereocenters. The lowest BCUT2D eigenvalue weighted by Crippen LogP contribution is -2.60. The minimum atomic E-state index is -1.71. The van der Waals surface area contributed by atoms with Gasteiger partial charge < -0.3 is 81.2 Å². The van der Waals surface area contributed by atoms with Gasteiger partial charge in [0, 0.05) is 32.4 Å². The van der Waals surface area contributed by atoms with Crippen molar-refractivity contribution in [2.24, 2.45) is 39.6 Å². The Morgan fingerprint density at radius 2 is 0.945 bits per heavy atom. The summed E-state index contributed by atoms with van der Waals surface area (Å²) in [5.74, 6) is -11.5. The fourth-order valence-electron chi connectivity index (χ4n) is 10.1. The van der Waals surface area contributed by atoms with E-state index in [4.69, 9.17) is 28.7 Å². The maximum Gasteiger partial charge on any atom is 0.326 e. The molecule has 1 aliphatic rings. The average molecular weight is 1260 g/mol. The molecule has 28 nitrogen and oxygen atoms in total. The maximum atomic E-state index is 14.6. The summed E-state index contributed by atoms with van der Waals surface area (Å²) >= 11 is 0. The van der Waals surface area contributed by atoms with Crippen molar-refractivity contribution < 1.29 is 62.6 Å². The number of aliphatic imine (C=N–C) groups is 1. The van der Waals surface area contributed by atoms with Gasteiger partial charge in [-0.05, 0) is 66.7 Å². The van der Waals surface area contributed by atoms with Crippen LogP contribution in [0.15, 0.2) is 126 Å². The van der Waals surface area contributed by atoms with Gasteiger partial charge in [-0.1, -0.05) is 135 Å². The fraction of sp³-hybridized carbons (Fsp3) is 0.413. The second-order valence-corrected chi connectivity index (χ2v) is 22.5. The molecule has 4 aromatic carbocycles. The van der Waals surface area contributed by atoms with Crippen molar-refractivity contribution in [3.63, 3.8) is 0 Å². The summed E-state index contributed by atoms with van der Waals surface area (Å²) in [6.45, 7) is 2.89. The van der Waals surface area contributed by atoms with Gasteiger partial charge in [-0.2, -0.15) is 0 Å². The van der Waals surface area contributed by atoms with Crippen LogP contribution in [0.3, 0.4) is 0 Å². The fourth-order valence-corrected chi connectivity index (χ4v) is 10.1. The van der Waals surface area contributed by atoms with Gasteiger partial charge in [0.1, 0.15) is 48.3 Å². The lowest BCUT2D eigenvalue weighted by Gasteiger charge is -2.30. The standard InChI is InChI=1S/C63H83N15O13/c1-37(2)29-44(57(85)72-43(25-15-27-69-63(67)68)56(84)77-49(62(90)91)33-41-23-13-6-14-24-41)71-53(81)36-70-55(83)45(31-39-19-9-4-10-20-39)75-60(88)50-26-16-28-78(50)61(89)48(35-52(66)80)76-58(86)46(32-40-21-11-5-12-22-40)74-59(87)47(34-51(65)79)73-54(82)42(64)30-38-17-7-3-8-18-38/h3-14,17-24,37,42-50H,15-16,25-36,64H2,1-2H3,(H2,65,79)(H2,66,80)(H,70,83)(H,71,81)(H,72,85)(H,73,82)(H,74,87)(H,75,88)(H,76,86)(H,77,84)(H,90,91)(H4,67,68,69)/t42-,43-,44-,45-,46-,47-,48-,49-,50-/m0/s1. The number of nitrogens with two attached hydrogens (primary N) is 5. The first-order valence-corrected chi connectivity index (χ1v) is 29.8. The molecule has 91 heavy (non-hydrogen) atoms. The van der Waals surface area contributed by atoms with E-state index in [1.807, 2.05) is 0 Å². The summed E-state index contributed by atoms with van der Waals surface area (Å²) in [6.07, 6.45) is -1.21. The smallest absolute Gasteiger partial charge is 0.326 e. The first kappa shape index (κ1) is 71.5. The Morgan fingerprint density at radius 1 is 0.516 bits per heavy atom. The number of likely N-dealkylation sites (tertiary alicyclic amines) is 1. The minimum Gasteiger partial charge on any atom is -0.480 e. The Kier molecular flexibility index (Phi) is 28.5. The molecular weight excluding hydrogens is 1170 g/mol. The number of carboxylic acids is 1. The molecule has 11 amide bonds. The van der Waals surface area contributed by atoms with E-state index in [2.05, 4.69) is 47.5 Å². The van der Waals surface area contributed by atoms with Crippen LogP contribution in [-0.4, -0.2) is 161 Å². The van der Waals surface area contributed by atoms with Crippen LogP contribution in [-0.2, 0) is 83.2 Å². The van der Waals surface area contributed by atoms with Gasteiger partial charge >= 0.3 is 5.97 Å². The number of nitrogens with zero attached hydrogens (tertiary/aromatic N) is 2. The summed E-state index contributed by atoms with van der Waals surface area (Å²) in [4.78, 5) is 169. The highest BCUT2D eigenvalue weighted by Crippen LogP contribution is 2.21. The van der Waals surface area contributed by atoms with Crippen LogP contribution in [0.2, 0.25) is 0 Å². The van der Waals surface area contributed by atoms with Crippen LogP contribution in [0.25, 0.3) is 0 Å². The van der Waals surface area contributed by atoms with Crippen LogP contribution >= 0.6 is 0 Å². The molecule has 5 rings (SSSR count). The summed E-state index contributed by atoms with van der Waals surface area (Å²) in [6, 6.07) is 21.7. The molecule has 4 aromatic rings. The predicted octanol–water partition coefficient (Wildman–Crippen LogP) is -2.28. The molecule has 19 N–H and O–H groups in total. The Hall–Kier alpha value is -10.3. The van der Waals surface area contributed by atoms with Gasteiger partial charge in [0.25, 0.3) is 0 Å². The van der Waals surface area contributed by atoms with Gasteiger partial charge in [-0.25, -0.2) is 4.79 Å². The second kappa shape index (κ2) is 36.3. The van der Waals surface area contributed by atoms with Gasteiger partial charge in [0.05, 0.1) is 25.4 Å². The van der Waals surface area contributed by atoms with Crippen LogP contribution < -0.4 is 71.2 Å². The number of carbonyl (C=O) groups excluding carboxylic acids is 11. The topological polar surface area (TPSA) is 467 Å². The zero-order chi connectivity index (χ0) is 66.6. The molecule has 0 aliphatic carbocycles. The predicted molar refractivity (Wildman–Crippen MR) is 334 cm³/mol. The highest BCUT2D eigenvalue weighted by atomic mass is 16.4. The van der Waals surface area contributed by atoms with Gasteiger partial charge in [-0.15, -0.1) is 0 Å². The maximum absolute atomic E-state index is 14.6. The quantitative estimate of drug-likeness (QED) is 0.0130. The second-order valence-electron chi connectivity index (χ2n) is 22.5. The molecule has 1 heterocycles. The number of carboxylic acid groups (broad SMARTS) is 1. The number of nitrogens with one attached hydrogen (secondary N) is 8. The zero-order valence-corrected chi connectivity index (χ0v) is 50.8. The summed E-state index contributed by atoms with van der Waals surface area (Å²) < 4.78 is 0. The Labute approximate surface area is 526 Å². The number of carbonyl (C=O) groups is 12. The van der Waals surface area contributed by atoms with Crippen LogP contribution in [0.1, 0.15) is 81.0 Å². The van der Waals surface area contributed by atoms with E-state index in [0.717, 1.165) is 10.5 Å². The molecule has 1 saturated heterocycles. The number of benzene rings is 4. The van der Waals surface area contributed by atoms with E-state index in [1.54, 1.807) is 135 Å². The number of aliphatic carboxylic acids is 1. The molecule has 1 aliphatic heterocycles. The molecule has 9 atom stereocenters. The number of hydrogen-bond donors (Lipinski definition) is 14. The van der Waals surface area contributed by atoms with E-state index in [1.165, 1.54) is 0 Å². The lowest BCUT2D eigenvalue weighted by atomic mass is 10.0. The van der Waals surface area contributed by atoms with E-state index < -0.39 is 145 Å². The molecule has 0 aromatic heterocycles. The van der Waals surface area contributed by atoms with Crippen LogP contribution in [0, 0.1) is 5.92 Å². The average Bonchev–Trinajstić information content (AvgIpc) is 3.04. The number of rotatable bonds is 36. The van der Waals surface area contributed by atoms with Gasteiger partial charge in [-0.3, -0.25) is 57.7 Å². The summed E-state index contributed by atoms with van der Waals surface area (Å²) in [5.41, 5.74) is 30.7. The SMILES string of the molecule is CC(C)C[C@H](NC(=O)CNC(=O)[C@H](Cc1ccccc1)NC(=O)[C@@H]1CCCN1C(=O)[C@H](CC(N)=O)NC(=O)[C@H](Cc1ccccc1)NC(=O)[C@H](CC(N)=O)NC(=O)[C@@H](N)Cc1ccccc1)C(=O)N[C@@H](CCCN=C(N)N)C(=O)N[C@@H](Cc1ccccc1)C(=O)O. The Bertz CT molecular complexity index is 3170. The third-order valence-electron chi connectivity index (χ3n) is 14.6. The molecule has 28 heteroatoms. The summed E-state index contributed by atoms with van der Waals surface area (Å²) in [5, 5.41) is 30.5. The van der Waals surface area contributed by atoms with Gasteiger partial charge in [0.15, 0.2) is 5.96 Å². The molecule has 0 saturated carbocycles. The zero-order valence-electron chi connectivity index (χ0n) is 50.8. The van der Waals surface area contributed by atoms with E-state index in [-0.39, 0.29) is 82.8 Å². The third kappa shape index (κ3) is 24.7. The molecule has 488 valence electrons. The molecule has 1 fully saturated rings. The van der Waals surface area contributed by atoms with Gasteiger partial charge in [0.2, 0.25) is 65.0 Å². The van der Waals surface area contributed by atoms with Crippen molar-refractivity contribution >= 4 is 76.9 Å². The third-order valence-corrected chi connectivity index (χ3v) is 14.6. The monoisotopic (exact) mass is 1260 g/mol. The number of guanidine groups is 1. The van der Waals surface area contributed by atoms with Crippen molar-refractivity contribution in [2.45, 2.75) is 139 Å². The number of hydrogen-bond acceptors (Lipinski definition) is 14. The molecule has 0 radical (unpaired) electrons. The minimum absolute atomic E-state index is 0.0353. The van der Waals surface area contributed by atoms with Crippen LogP contribution in [0.4, 0.5) is 0 Å².